The van der Waals surface area contributed by atoms with E-state index in [-0.39, 0.29) is 0 Å². The van der Waals surface area contributed by atoms with E-state index in [0.717, 1.165) is 18.2 Å². The van der Waals surface area contributed by atoms with Gasteiger partial charge in [0, 0.05) is 13.0 Å². The zero-order chi connectivity index (χ0) is 14.5. The lowest BCUT2D eigenvalue weighted by Gasteiger charge is -2.05. The van der Waals surface area contributed by atoms with Gasteiger partial charge in [-0.05, 0) is 23.8 Å². The molecule has 0 spiro atoms. The van der Waals surface area contributed by atoms with E-state index in [0.29, 0.717) is 5.56 Å². The third kappa shape index (κ3) is 5.24. The predicted molar refractivity (Wildman–Crippen MR) is 62.4 cm³/mol. The van der Waals surface area contributed by atoms with Crippen molar-refractivity contribution < 1.29 is 22.8 Å². The van der Waals surface area contributed by atoms with Crippen molar-refractivity contribution in [3.05, 3.63) is 41.5 Å². The molecule has 19 heavy (non-hydrogen) atoms. The molecule has 0 aromatic heterocycles. The van der Waals surface area contributed by atoms with E-state index in [1.165, 1.54) is 25.1 Å². The minimum atomic E-state index is -4.38. The van der Waals surface area contributed by atoms with Gasteiger partial charge in [0.15, 0.2) is 0 Å². The molecule has 102 valence electrons. The molecule has 2 N–H and O–H groups in total. The number of carbonyl (C=O) groups excluding carboxylic acids is 2. The van der Waals surface area contributed by atoms with E-state index in [2.05, 4.69) is 10.9 Å². The van der Waals surface area contributed by atoms with Gasteiger partial charge >= 0.3 is 6.18 Å². The summed E-state index contributed by atoms with van der Waals surface area (Å²) in [5, 5.41) is 0. The van der Waals surface area contributed by atoms with Gasteiger partial charge in [-0.2, -0.15) is 13.2 Å². The maximum absolute atomic E-state index is 12.3. The SMILES string of the molecule is CC(=O)NNC(=O)/C=C/c1ccc(C(F)(F)F)cc1. The van der Waals surface area contributed by atoms with Crippen LogP contribution in [0.15, 0.2) is 30.3 Å². The summed E-state index contributed by atoms with van der Waals surface area (Å²) < 4.78 is 36.9. The number of hydrogen-bond acceptors (Lipinski definition) is 2. The monoisotopic (exact) mass is 272 g/mol. The first kappa shape index (κ1) is 14.7. The Morgan fingerprint density at radius 1 is 1.11 bits per heavy atom. The fourth-order valence-electron chi connectivity index (χ4n) is 1.15. The average molecular weight is 272 g/mol. The normalized spacial score (nSPS) is 11.4. The van der Waals surface area contributed by atoms with Gasteiger partial charge in [0.05, 0.1) is 5.56 Å². The smallest absolute Gasteiger partial charge is 0.274 e. The summed E-state index contributed by atoms with van der Waals surface area (Å²) in [6, 6.07) is 4.33. The highest BCUT2D eigenvalue weighted by Crippen LogP contribution is 2.29. The molecule has 2 amide bonds. The largest absolute Gasteiger partial charge is 0.416 e. The van der Waals surface area contributed by atoms with Crippen LogP contribution in [0.4, 0.5) is 13.2 Å². The van der Waals surface area contributed by atoms with Gasteiger partial charge in [-0.1, -0.05) is 12.1 Å². The number of amides is 2. The van der Waals surface area contributed by atoms with Crippen LogP contribution in [0, 0.1) is 0 Å². The van der Waals surface area contributed by atoms with Crippen molar-refractivity contribution in [3.63, 3.8) is 0 Å². The molecule has 0 heterocycles. The Kier molecular flexibility index (Phi) is 4.68. The summed E-state index contributed by atoms with van der Waals surface area (Å²) in [6.07, 6.45) is -1.96. The van der Waals surface area contributed by atoms with Crippen molar-refractivity contribution in [1.82, 2.24) is 10.9 Å². The fraction of sp³-hybridized carbons (Fsp3) is 0.167. The molecule has 0 aliphatic carbocycles. The van der Waals surface area contributed by atoms with E-state index in [9.17, 15) is 22.8 Å². The molecule has 0 saturated carbocycles. The van der Waals surface area contributed by atoms with Crippen LogP contribution in [0.3, 0.4) is 0 Å². The number of alkyl halides is 3. The molecule has 0 aliphatic rings. The first-order valence-electron chi connectivity index (χ1n) is 5.21. The molecule has 1 aromatic carbocycles. The number of halogens is 3. The van der Waals surface area contributed by atoms with E-state index in [4.69, 9.17) is 0 Å². The van der Waals surface area contributed by atoms with Crippen molar-refractivity contribution in [1.29, 1.82) is 0 Å². The number of carbonyl (C=O) groups is 2. The summed E-state index contributed by atoms with van der Waals surface area (Å²) >= 11 is 0. The van der Waals surface area contributed by atoms with E-state index in [1.54, 1.807) is 0 Å². The maximum Gasteiger partial charge on any atom is 0.416 e. The number of benzene rings is 1. The molecule has 0 unspecified atom stereocenters. The van der Waals surface area contributed by atoms with Gasteiger partial charge in [-0.3, -0.25) is 20.4 Å². The Hall–Kier alpha value is -2.31. The van der Waals surface area contributed by atoms with Crippen LogP contribution in [0.5, 0.6) is 0 Å². The molecule has 0 atom stereocenters. The molecular formula is C12H11F3N2O2. The fourth-order valence-corrected chi connectivity index (χ4v) is 1.15. The topological polar surface area (TPSA) is 58.2 Å². The molecule has 1 rings (SSSR count). The van der Waals surface area contributed by atoms with Gasteiger partial charge in [-0.15, -0.1) is 0 Å². The number of hydrogen-bond donors (Lipinski definition) is 2. The average Bonchev–Trinajstić information content (AvgIpc) is 2.33. The van der Waals surface area contributed by atoms with Crippen LogP contribution >= 0.6 is 0 Å². The summed E-state index contributed by atoms with van der Waals surface area (Å²) in [5.74, 6) is -1.02. The van der Waals surface area contributed by atoms with Crippen LogP contribution in [-0.2, 0) is 15.8 Å². The molecular weight excluding hydrogens is 261 g/mol. The highest BCUT2D eigenvalue weighted by molar-refractivity contribution is 5.92. The highest BCUT2D eigenvalue weighted by Gasteiger charge is 2.29. The molecule has 7 heteroatoms. The van der Waals surface area contributed by atoms with Gasteiger partial charge < -0.3 is 0 Å². The van der Waals surface area contributed by atoms with Crippen LogP contribution in [0.1, 0.15) is 18.1 Å². The molecule has 0 bridgehead atoms. The zero-order valence-corrected chi connectivity index (χ0v) is 9.91. The highest BCUT2D eigenvalue weighted by atomic mass is 19.4. The Balaban J connectivity index is 2.63. The Labute approximate surface area is 107 Å². The van der Waals surface area contributed by atoms with E-state index in [1.807, 2.05) is 0 Å². The van der Waals surface area contributed by atoms with Crippen molar-refractivity contribution >= 4 is 17.9 Å². The number of hydrazine groups is 1. The second kappa shape index (κ2) is 6.03. The number of nitrogens with one attached hydrogen (secondary N) is 2. The summed E-state index contributed by atoms with van der Waals surface area (Å²) in [7, 11) is 0. The second-order valence-electron chi connectivity index (χ2n) is 3.62. The standard InChI is InChI=1S/C12H11F3N2O2/c1-8(18)16-17-11(19)7-4-9-2-5-10(6-3-9)12(13,14)15/h2-7H,1H3,(H,16,18)(H,17,19)/b7-4+. The quantitative estimate of drug-likeness (QED) is 0.638. The van der Waals surface area contributed by atoms with Crippen LogP contribution < -0.4 is 10.9 Å². The Morgan fingerprint density at radius 3 is 2.16 bits per heavy atom. The third-order valence-corrected chi connectivity index (χ3v) is 2.03. The first-order valence-corrected chi connectivity index (χ1v) is 5.21. The zero-order valence-electron chi connectivity index (χ0n) is 9.91. The molecule has 4 nitrogen and oxygen atoms in total. The van der Waals surface area contributed by atoms with Crippen molar-refractivity contribution in [2.24, 2.45) is 0 Å². The molecule has 0 saturated heterocycles. The Morgan fingerprint density at radius 2 is 1.68 bits per heavy atom. The van der Waals surface area contributed by atoms with Gasteiger partial charge in [0.25, 0.3) is 5.91 Å². The summed E-state index contributed by atoms with van der Waals surface area (Å²) in [5.41, 5.74) is 3.83. The van der Waals surface area contributed by atoms with Gasteiger partial charge in [0.1, 0.15) is 0 Å². The Bertz CT molecular complexity index is 493. The van der Waals surface area contributed by atoms with E-state index < -0.39 is 23.6 Å². The lowest BCUT2D eigenvalue weighted by molar-refractivity contribution is -0.137. The lowest BCUT2D eigenvalue weighted by atomic mass is 10.1. The molecule has 0 radical (unpaired) electrons. The van der Waals surface area contributed by atoms with Crippen LogP contribution in [-0.4, -0.2) is 11.8 Å². The first-order chi connectivity index (χ1) is 8.79. The van der Waals surface area contributed by atoms with Crippen LogP contribution in [0.25, 0.3) is 6.08 Å². The maximum atomic E-state index is 12.3. The summed E-state index contributed by atoms with van der Waals surface area (Å²) in [6.45, 7) is 1.22. The lowest BCUT2D eigenvalue weighted by Crippen LogP contribution is -2.39. The number of rotatable bonds is 2. The molecule has 0 fully saturated rings. The molecule has 1 aromatic rings. The van der Waals surface area contributed by atoms with Crippen LogP contribution in [0.2, 0.25) is 0 Å². The van der Waals surface area contributed by atoms with Gasteiger partial charge in [0.2, 0.25) is 5.91 Å². The minimum Gasteiger partial charge on any atom is -0.274 e. The predicted octanol–water partition coefficient (Wildman–Crippen LogP) is 1.89. The van der Waals surface area contributed by atoms with Crippen molar-refractivity contribution in [2.75, 3.05) is 0 Å². The molecule has 0 aliphatic heterocycles. The minimum absolute atomic E-state index is 0.434. The van der Waals surface area contributed by atoms with Crippen molar-refractivity contribution in [2.45, 2.75) is 13.1 Å². The third-order valence-electron chi connectivity index (χ3n) is 2.03. The van der Waals surface area contributed by atoms with Crippen molar-refractivity contribution in [3.8, 4) is 0 Å². The second-order valence-corrected chi connectivity index (χ2v) is 3.62. The summed E-state index contributed by atoms with van der Waals surface area (Å²) in [4.78, 5) is 21.7. The van der Waals surface area contributed by atoms with Gasteiger partial charge in [-0.25, -0.2) is 0 Å². The van der Waals surface area contributed by atoms with E-state index >= 15 is 0 Å².